The summed E-state index contributed by atoms with van der Waals surface area (Å²) >= 11 is 5.21. The zero-order chi connectivity index (χ0) is 16.5. The van der Waals surface area contributed by atoms with Crippen LogP contribution in [0.3, 0.4) is 0 Å². The molecule has 0 bridgehead atoms. The van der Waals surface area contributed by atoms with E-state index in [2.05, 4.69) is 43.5 Å². The average molecular weight is 318 g/mol. The number of benzene rings is 1. The summed E-state index contributed by atoms with van der Waals surface area (Å²) in [5.74, 6) is -0.357. The predicted octanol–water partition coefficient (Wildman–Crippen LogP) is 2.95. The minimum absolute atomic E-state index is 0.0896. The minimum atomic E-state index is -0.357. The molecular weight excluding hydrogens is 296 g/mol. The maximum absolute atomic E-state index is 12.1. The van der Waals surface area contributed by atoms with Crippen molar-refractivity contribution in [2.45, 2.75) is 39.2 Å². The van der Waals surface area contributed by atoms with Gasteiger partial charge in [0.05, 0.1) is 18.7 Å². The van der Waals surface area contributed by atoms with Gasteiger partial charge in [0.1, 0.15) is 0 Å². The van der Waals surface area contributed by atoms with E-state index in [-0.39, 0.29) is 17.4 Å². The van der Waals surface area contributed by atoms with E-state index in [1.807, 2.05) is 19.1 Å². The van der Waals surface area contributed by atoms with Crippen molar-refractivity contribution in [2.24, 2.45) is 0 Å². The summed E-state index contributed by atoms with van der Waals surface area (Å²) in [6.45, 7) is 8.34. The molecule has 1 aliphatic rings. The first-order valence-corrected chi connectivity index (χ1v) is 7.62. The molecule has 1 aromatic carbocycles. The first-order valence-electron chi connectivity index (χ1n) is 7.21. The van der Waals surface area contributed by atoms with E-state index in [9.17, 15) is 4.79 Å². The second-order valence-electron chi connectivity index (χ2n) is 6.43. The number of ether oxygens (including phenoxy) is 1. The fraction of sp³-hybridized carbons (Fsp3) is 0.412. The molecule has 0 fully saturated rings. The van der Waals surface area contributed by atoms with Gasteiger partial charge < -0.3 is 15.4 Å². The van der Waals surface area contributed by atoms with E-state index in [1.165, 1.54) is 12.7 Å². The molecule has 0 saturated carbocycles. The number of hydrogen-bond acceptors (Lipinski definition) is 3. The van der Waals surface area contributed by atoms with E-state index in [0.717, 1.165) is 11.3 Å². The Morgan fingerprint density at radius 1 is 1.23 bits per heavy atom. The van der Waals surface area contributed by atoms with Gasteiger partial charge in [-0.1, -0.05) is 45.0 Å². The van der Waals surface area contributed by atoms with Gasteiger partial charge in [0, 0.05) is 5.70 Å². The van der Waals surface area contributed by atoms with Gasteiger partial charge in [-0.15, -0.1) is 0 Å². The van der Waals surface area contributed by atoms with Crippen LogP contribution in [0.2, 0.25) is 0 Å². The number of carbonyl (C=O) groups is 1. The number of allylic oxidation sites excluding steroid dienone is 1. The Balaban J connectivity index is 2.42. The third-order valence-electron chi connectivity index (χ3n) is 3.78. The first-order chi connectivity index (χ1) is 10.2. The molecule has 2 rings (SSSR count). The summed E-state index contributed by atoms with van der Waals surface area (Å²) in [5, 5.41) is 6.64. The molecule has 1 aromatic rings. The van der Waals surface area contributed by atoms with E-state index >= 15 is 0 Å². The molecule has 1 aliphatic heterocycles. The van der Waals surface area contributed by atoms with Crippen LogP contribution in [0.1, 0.15) is 44.9 Å². The Labute approximate surface area is 136 Å². The van der Waals surface area contributed by atoms with E-state index in [1.54, 1.807) is 0 Å². The highest BCUT2D eigenvalue weighted by Crippen LogP contribution is 2.29. The van der Waals surface area contributed by atoms with Crippen molar-refractivity contribution in [3.05, 3.63) is 46.7 Å². The number of hydrogen-bond donors (Lipinski definition) is 2. The van der Waals surface area contributed by atoms with Crippen LogP contribution in [0.5, 0.6) is 0 Å². The molecule has 22 heavy (non-hydrogen) atoms. The molecular formula is C17H22N2O2S. The van der Waals surface area contributed by atoms with Crippen LogP contribution in [0.25, 0.3) is 0 Å². The van der Waals surface area contributed by atoms with Gasteiger partial charge >= 0.3 is 5.97 Å². The van der Waals surface area contributed by atoms with Crippen LogP contribution < -0.4 is 10.6 Å². The lowest BCUT2D eigenvalue weighted by molar-refractivity contribution is -0.136. The maximum atomic E-state index is 12.1. The molecule has 0 unspecified atom stereocenters. The van der Waals surface area contributed by atoms with Gasteiger partial charge in [-0.25, -0.2) is 4.79 Å². The fourth-order valence-electron chi connectivity index (χ4n) is 2.50. The highest BCUT2D eigenvalue weighted by atomic mass is 32.1. The topological polar surface area (TPSA) is 50.4 Å². The molecule has 0 aromatic heterocycles. The molecule has 0 saturated heterocycles. The lowest BCUT2D eigenvalue weighted by Crippen LogP contribution is -2.45. The van der Waals surface area contributed by atoms with Crippen molar-refractivity contribution < 1.29 is 9.53 Å². The Hall–Kier alpha value is -1.88. The molecule has 1 heterocycles. The molecule has 0 aliphatic carbocycles. The zero-order valence-electron chi connectivity index (χ0n) is 13.6. The summed E-state index contributed by atoms with van der Waals surface area (Å²) in [7, 11) is 1.38. The Kier molecular flexibility index (Phi) is 4.56. The number of carbonyl (C=O) groups excluding carboxylic acids is 1. The molecule has 5 heteroatoms. The number of nitrogens with one attached hydrogen (secondary N) is 2. The van der Waals surface area contributed by atoms with Crippen LogP contribution in [-0.2, 0) is 14.9 Å². The summed E-state index contributed by atoms with van der Waals surface area (Å²) in [4.78, 5) is 12.1. The van der Waals surface area contributed by atoms with Crippen molar-refractivity contribution in [1.29, 1.82) is 0 Å². The SMILES string of the molecule is COC(=O)C1=C(C)NC(=S)N[C@@H]1c1ccc(C(C)(C)C)cc1. The molecule has 2 N–H and O–H groups in total. The van der Waals surface area contributed by atoms with Crippen LogP contribution in [0, 0.1) is 0 Å². The summed E-state index contributed by atoms with van der Waals surface area (Å²) in [5.41, 5.74) is 3.59. The van der Waals surface area contributed by atoms with Crippen LogP contribution >= 0.6 is 12.2 Å². The monoisotopic (exact) mass is 318 g/mol. The number of rotatable bonds is 2. The molecule has 0 amide bonds. The minimum Gasteiger partial charge on any atom is -0.466 e. The molecule has 1 atom stereocenters. The van der Waals surface area contributed by atoms with Crippen LogP contribution in [0.15, 0.2) is 35.5 Å². The van der Waals surface area contributed by atoms with E-state index in [4.69, 9.17) is 17.0 Å². The highest BCUT2D eigenvalue weighted by Gasteiger charge is 2.30. The first kappa shape index (κ1) is 16.5. The van der Waals surface area contributed by atoms with Crippen molar-refractivity contribution in [1.82, 2.24) is 10.6 Å². The molecule has 0 spiro atoms. The number of methoxy groups -OCH3 is 1. The Morgan fingerprint density at radius 3 is 2.32 bits per heavy atom. The van der Waals surface area contributed by atoms with Crippen molar-refractivity contribution >= 4 is 23.3 Å². The molecule has 0 radical (unpaired) electrons. The van der Waals surface area contributed by atoms with Gasteiger partial charge in [-0.05, 0) is 35.7 Å². The smallest absolute Gasteiger partial charge is 0.337 e. The predicted molar refractivity (Wildman–Crippen MR) is 91.5 cm³/mol. The number of esters is 1. The second-order valence-corrected chi connectivity index (χ2v) is 6.84. The average Bonchev–Trinajstić information content (AvgIpc) is 2.45. The van der Waals surface area contributed by atoms with Gasteiger partial charge in [0.2, 0.25) is 0 Å². The third kappa shape index (κ3) is 3.30. The largest absolute Gasteiger partial charge is 0.466 e. The summed E-state index contributed by atoms with van der Waals surface area (Å²) in [6.07, 6.45) is 0. The molecule has 4 nitrogen and oxygen atoms in total. The maximum Gasteiger partial charge on any atom is 0.337 e. The zero-order valence-corrected chi connectivity index (χ0v) is 14.4. The van der Waals surface area contributed by atoms with Gasteiger partial charge in [-0.2, -0.15) is 0 Å². The summed E-state index contributed by atoms with van der Waals surface area (Å²) in [6, 6.07) is 7.94. The second kappa shape index (κ2) is 6.08. The standard InChI is InChI=1S/C17H22N2O2S/c1-10-13(15(20)21-5)14(19-16(22)18-10)11-6-8-12(9-7-11)17(2,3)4/h6-9,14H,1-5H3,(H2,18,19,22)/t14-/m1/s1. The van der Waals surface area contributed by atoms with Crippen molar-refractivity contribution in [2.75, 3.05) is 7.11 Å². The fourth-order valence-corrected chi connectivity index (χ4v) is 2.77. The Morgan fingerprint density at radius 2 is 1.82 bits per heavy atom. The van der Waals surface area contributed by atoms with Gasteiger partial charge in [0.25, 0.3) is 0 Å². The van der Waals surface area contributed by atoms with Crippen LogP contribution in [-0.4, -0.2) is 18.2 Å². The van der Waals surface area contributed by atoms with Gasteiger partial charge in [-0.3, -0.25) is 0 Å². The normalized spacial score (nSPS) is 18.6. The van der Waals surface area contributed by atoms with Crippen LogP contribution in [0.4, 0.5) is 0 Å². The Bertz CT molecular complexity index is 627. The van der Waals surface area contributed by atoms with Gasteiger partial charge in [0.15, 0.2) is 5.11 Å². The lowest BCUT2D eigenvalue weighted by Gasteiger charge is -2.30. The third-order valence-corrected chi connectivity index (χ3v) is 4.00. The highest BCUT2D eigenvalue weighted by molar-refractivity contribution is 7.80. The van der Waals surface area contributed by atoms with E-state index in [0.29, 0.717) is 10.7 Å². The van der Waals surface area contributed by atoms with E-state index < -0.39 is 0 Å². The summed E-state index contributed by atoms with van der Waals surface area (Å²) < 4.78 is 4.90. The van der Waals surface area contributed by atoms with Crippen molar-refractivity contribution in [3.8, 4) is 0 Å². The quantitative estimate of drug-likeness (QED) is 0.648. The van der Waals surface area contributed by atoms with Crippen molar-refractivity contribution in [3.63, 3.8) is 0 Å². The number of thiocarbonyl (C=S) groups is 1. The molecule has 118 valence electrons. The lowest BCUT2D eigenvalue weighted by atomic mass is 9.85.